The molecule has 0 aliphatic heterocycles. The highest BCUT2D eigenvalue weighted by molar-refractivity contribution is 5.24. The van der Waals surface area contributed by atoms with E-state index >= 15 is 0 Å². The number of hydrogen-bond acceptors (Lipinski definition) is 2. The number of aryl methyl sites for hydroxylation is 1. The molecule has 1 rings (SSSR count). The lowest BCUT2D eigenvalue weighted by molar-refractivity contribution is 0.541. The van der Waals surface area contributed by atoms with Gasteiger partial charge in [0.1, 0.15) is 0 Å². The van der Waals surface area contributed by atoms with Crippen molar-refractivity contribution < 1.29 is 0 Å². The van der Waals surface area contributed by atoms with Gasteiger partial charge in [-0.1, -0.05) is 26.7 Å². The van der Waals surface area contributed by atoms with Crippen molar-refractivity contribution in [3.05, 3.63) is 17.5 Å². The molecule has 0 aliphatic rings. The molecule has 0 fully saturated rings. The molecule has 3 nitrogen and oxygen atoms in total. The maximum atomic E-state index is 5.33. The molecule has 16 heavy (non-hydrogen) atoms. The van der Waals surface area contributed by atoms with Crippen LogP contribution in [0.4, 0.5) is 0 Å². The van der Waals surface area contributed by atoms with Crippen LogP contribution >= 0.6 is 0 Å². The Kier molecular flexibility index (Phi) is 3.77. The molecule has 0 aromatic carbocycles. The van der Waals surface area contributed by atoms with Crippen molar-refractivity contribution in [2.45, 2.75) is 45.7 Å². The topological polar surface area (TPSA) is 29.9 Å². The number of terminal acetylenes is 1. The molecule has 1 aromatic heterocycles. The lowest BCUT2D eigenvalue weighted by atomic mass is 9.89. The average Bonchev–Trinajstić information content (AvgIpc) is 2.55. The summed E-state index contributed by atoms with van der Waals surface area (Å²) >= 11 is 0. The molecule has 1 heterocycles. The summed E-state index contributed by atoms with van der Waals surface area (Å²) in [5.41, 5.74) is 2.42. The summed E-state index contributed by atoms with van der Waals surface area (Å²) in [5.74, 6) is 2.66. The van der Waals surface area contributed by atoms with E-state index in [0.717, 1.165) is 12.2 Å². The smallest absolute Gasteiger partial charge is 0.0722 e. The summed E-state index contributed by atoms with van der Waals surface area (Å²) in [5, 5.41) is 7.80. The van der Waals surface area contributed by atoms with Crippen molar-refractivity contribution in [2.75, 3.05) is 0 Å². The van der Waals surface area contributed by atoms with Gasteiger partial charge in [-0.15, -0.1) is 6.42 Å². The Morgan fingerprint density at radius 1 is 1.56 bits per heavy atom. The Hall–Kier alpha value is -1.27. The third-order valence-electron chi connectivity index (χ3n) is 2.46. The Morgan fingerprint density at radius 2 is 2.19 bits per heavy atom. The van der Waals surface area contributed by atoms with Gasteiger partial charge in [-0.25, -0.2) is 0 Å². The summed E-state index contributed by atoms with van der Waals surface area (Å²) < 4.78 is 1.86. The van der Waals surface area contributed by atoms with Crippen LogP contribution in [0.15, 0.2) is 6.20 Å². The summed E-state index contributed by atoms with van der Waals surface area (Å²) in [7, 11) is 1.95. The minimum Gasteiger partial charge on any atom is -0.300 e. The van der Waals surface area contributed by atoms with Crippen LogP contribution in [-0.4, -0.2) is 15.8 Å². The fourth-order valence-electron chi connectivity index (χ4n) is 1.62. The predicted molar refractivity (Wildman–Crippen MR) is 67.0 cm³/mol. The predicted octanol–water partition coefficient (Wildman–Crippen LogP) is 1.83. The van der Waals surface area contributed by atoms with Crippen LogP contribution in [0.5, 0.6) is 0 Å². The number of nitrogens with one attached hydrogen (secondary N) is 1. The van der Waals surface area contributed by atoms with Crippen LogP contribution in [0.1, 0.15) is 39.0 Å². The van der Waals surface area contributed by atoms with Crippen molar-refractivity contribution in [1.29, 1.82) is 0 Å². The molecule has 0 saturated heterocycles. The molecule has 88 valence electrons. The fraction of sp³-hybridized carbons (Fsp3) is 0.615. The standard InChI is InChI=1S/C13H21N3/c1-7-10(2)14-8-11-9-16(6)15-12(11)13(3,4)5/h1,9-10,14H,8H2,2-6H3. The normalized spacial score (nSPS) is 13.5. The zero-order valence-electron chi connectivity index (χ0n) is 10.8. The molecule has 1 N–H and O–H groups in total. The average molecular weight is 219 g/mol. The Morgan fingerprint density at radius 3 is 2.69 bits per heavy atom. The summed E-state index contributed by atoms with van der Waals surface area (Å²) in [6.45, 7) is 9.26. The minimum atomic E-state index is 0.0671. The minimum absolute atomic E-state index is 0.0671. The Labute approximate surface area is 98.2 Å². The molecular formula is C13H21N3. The van der Waals surface area contributed by atoms with Crippen LogP contribution in [0.2, 0.25) is 0 Å². The molecule has 0 saturated carbocycles. The van der Waals surface area contributed by atoms with E-state index in [0.29, 0.717) is 0 Å². The maximum absolute atomic E-state index is 5.33. The first-order valence-electron chi connectivity index (χ1n) is 5.57. The van der Waals surface area contributed by atoms with E-state index in [4.69, 9.17) is 6.42 Å². The fourth-order valence-corrected chi connectivity index (χ4v) is 1.62. The van der Waals surface area contributed by atoms with Crippen molar-refractivity contribution in [3.63, 3.8) is 0 Å². The molecule has 1 atom stereocenters. The molecule has 0 spiro atoms. The third-order valence-corrected chi connectivity index (χ3v) is 2.46. The van der Waals surface area contributed by atoms with Crippen molar-refractivity contribution in [1.82, 2.24) is 15.1 Å². The largest absolute Gasteiger partial charge is 0.300 e. The second-order valence-electron chi connectivity index (χ2n) is 5.20. The van der Waals surface area contributed by atoms with Gasteiger partial charge in [0, 0.05) is 30.8 Å². The first kappa shape index (κ1) is 12.8. The van der Waals surface area contributed by atoms with Crippen molar-refractivity contribution in [3.8, 4) is 12.3 Å². The Bertz CT molecular complexity index is 390. The molecule has 0 bridgehead atoms. The summed E-state index contributed by atoms with van der Waals surface area (Å²) in [6.07, 6.45) is 7.38. The lowest BCUT2D eigenvalue weighted by Gasteiger charge is -2.18. The van der Waals surface area contributed by atoms with Gasteiger partial charge < -0.3 is 0 Å². The molecule has 0 amide bonds. The van der Waals surface area contributed by atoms with Gasteiger partial charge in [-0.05, 0) is 6.92 Å². The van der Waals surface area contributed by atoms with Gasteiger partial charge >= 0.3 is 0 Å². The molecule has 1 unspecified atom stereocenters. The second kappa shape index (κ2) is 4.71. The van der Waals surface area contributed by atoms with Crippen LogP contribution in [-0.2, 0) is 19.0 Å². The van der Waals surface area contributed by atoms with Gasteiger partial charge in [0.2, 0.25) is 0 Å². The first-order valence-corrected chi connectivity index (χ1v) is 5.57. The zero-order chi connectivity index (χ0) is 12.3. The number of rotatable bonds is 3. The maximum Gasteiger partial charge on any atom is 0.0722 e. The van der Waals surface area contributed by atoms with Crippen molar-refractivity contribution in [2.24, 2.45) is 7.05 Å². The van der Waals surface area contributed by atoms with E-state index in [1.54, 1.807) is 0 Å². The third kappa shape index (κ3) is 3.11. The number of hydrogen-bond donors (Lipinski definition) is 1. The Balaban J connectivity index is 2.84. The zero-order valence-corrected chi connectivity index (χ0v) is 10.8. The number of aromatic nitrogens is 2. The van der Waals surface area contributed by atoms with Gasteiger partial charge in [-0.2, -0.15) is 5.10 Å². The SMILES string of the molecule is C#CC(C)NCc1cn(C)nc1C(C)(C)C. The molecule has 1 aromatic rings. The molecular weight excluding hydrogens is 198 g/mol. The van der Waals surface area contributed by atoms with E-state index in [1.165, 1.54) is 5.56 Å². The van der Waals surface area contributed by atoms with Crippen LogP contribution in [0.25, 0.3) is 0 Å². The monoisotopic (exact) mass is 219 g/mol. The van der Waals surface area contributed by atoms with E-state index in [9.17, 15) is 0 Å². The molecule has 0 aliphatic carbocycles. The highest BCUT2D eigenvalue weighted by Crippen LogP contribution is 2.23. The van der Waals surface area contributed by atoms with Gasteiger partial charge in [-0.3, -0.25) is 10.00 Å². The van der Waals surface area contributed by atoms with Crippen LogP contribution in [0, 0.1) is 12.3 Å². The molecule has 0 radical (unpaired) electrons. The molecule has 3 heteroatoms. The lowest BCUT2D eigenvalue weighted by Crippen LogP contribution is -2.25. The van der Waals surface area contributed by atoms with E-state index in [1.807, 2.05) is 18.7 Å². The van der Waals surface area contributed by atoms with E-state index < -0.39 is 0 Å². The van der Waals surface area contributed by atoms with E-state index in [2.05, 4.69) is 43.3 Å². The highest BCUT2D eigenvalue weighted by Gasteiger charge is 2.21. The van der Waals surface area contributed by atoms with Gasteiger partial charge in [0.05, 0.1) is 11.7 Å². The quantitative estimate of drug-likeness (QED) is 0.786. The van der Waals surface area contributed by atoms with Crippen LogP contribution in [0.3, 0.4) is 0 Å². The summed E-state index contributed by atoms with van der Waals surface area (Å²) in [6, 6.07) is 0.0908. The second-order valence-corrected chi connectivity index (χ2v) is 5.20. The first-order chi connectivity index (χ1) is 7.34. The van der Waals surface area contributed by atoms with Crippen molar-refractivity contribution >= 4 is 0 Å². The number of nitrogens with zero attached hydrogens (tertiary/aromatic N) is 2. The van der Waals surface area contributed by atoms with Crippen LogP contribution < -0.4 is 5.32 Å². The van der Waals surface area contributed by atoms with E-state index in [-0.39, 0.29) is 11.5 Å². The summed E-state index contributed by atoms with van der Waals surface area (Å²) in [4.78, 5) is 0. The highest BCUT2D eigenvalue weighted by atomic mass is 15.3. The van der Waals surface area contributed by atoms with Gasteiger partial charge in [0.25, 0.3) is 0 Å². The van der Waals surface area contributed by atoms with Gasteiger partial charge in [0.15, 0.2) is 0 Å².